The fourth-order valence-electron chi connectivity index (χ4n) is 1.53. The highest BCUT2D eigenvalue weighted by Crippen LogP contribution is 2.34. The normalized spacial score (nSPS) is 24.7. The Bertz CT molecular complexity index is 80.9. The van der Waals surface area contributed by atoms with Gasteiger partial charge < -0.3 is 0 Å². The third kappa shape index (κ3) is 1.25. The van der Waals surface area contributed by atoms with E-state index in [-0.39, 0.29) is 5.60 Å². The van der Waals surface area contributed by atoms with Crippen molar-refractivity contribution in [3.8, 4) is 0 Å². The van der Waals surface area contributed by atoms with Crippen LogP contribution in [0, 0.1) is 0 Å². The molecule has 0 heterocycles. The minimum Gasteiger partial charge on any atom is -0.257 e. The summed E-state index contributed by atoms with van der Waals surface area (Å²) in [7, 11) is 0. The molecule has 9 heavy (non-hydrogen) atoms. The highest BCUT2D eigenvalue weighted by Gasteiger charge is 2.32. The lowest BCUT2D eigenvalue weighted by molar-refractivity contribution is -0.0582. The Balaban J connectivity index is 2.45. The molecule has 0 aromatic rings. The molecule has 52 valence electrons. The van der Waals surface area contributed by atoms with E-state index in [0.29, 0.717) is 0 Å². The van der Waals surface area contributed by atoms with Gasteiger partial charge in [0.2, 0.25) is 0 Å². The summed E-state index contributed by atoms with van der Waals surface area (Å²) in [4.78, 5) is 4.45. The van der Waals surface area contributed by atoms with Crippen LogP contribution in [0.5, 0.6) is 0 Å². The number of hydrogen-bond acceptors (Lipinski definition) is 1. The topological polar surface area (TPSA) is 31.5 Å². The summed E-state index contributed by atoms with van der Waals surface area (Å²) >= 11 is 0. The number of nitrogens with zero attached hydrogens (tertiary/aromatic N) is 1. The van der Waals surface area contributed by atoms with E-state index in [1.807, 2.05) is 0 Å². The van der Waals surface area contributed by atoms with Crippen LogP contribution in [0.3, 0.4) is 0 Å². The molecular formula is C7H13NO. The molecule has 0 saturated heterocycles. The molecule has 2 heteroatoms. The van der Waals surface area contributed by atoms with Crippen LogP contribution in [0.15, 0.2) is 0 Å². The first-order chi connectivity index (χ1) is 4.33. The highest BCUT2D eigenvalue weighted by atomic mass is 16.6. The molecule has 0 aliphatic heterocycles. The second-order valence-electron chi connectivity index (χ2n) is 2.83. The van der Waals surface area contributed by atoms with Crippen molar-refractivity contribution in [1.82, 2.24) is 5.90 Å². The molecular weight excluding hydrogens is 114 g/mol. The van der Waals surface area contributed by atoms with Crippen molar-refractivity contribution in [2.24, 2.45) is 0 Å². The van der Waals surface area contributed by atoms with E-state index >= 15 is 0 Å². The second kappa shape index (κ2) is 2.67. The first-order valence-corrected chi connectivity index (χ1v) is 3.65. The molecule has 1 aliphatic rings. The number of hydrogen-bond donors (Lipinski definition) is 0. The third-order valence-corrected chi connectivity index (χ3v) is 2.35. The first-order valence-electron chi connectivity index (χ1n) is 3.65. The van der Waals surface area contributed by atoms with E-state index in [2.05, 4.69) is 11.8 Å². The Kier molecular flexibility index (Phi) is 2.09. The zero-order valence-corrected chi connectivity index (χ0v) is 5.89. The summed E-state index contributed by atoms with van der Waals surface area (Å²) < 4.78 is 0. The summed E-state index contributed by atoms with van der Waals surface area (Å²) in [6.45, 7) is 2.06. The summed E-state index contributed by atoms with van der Waals surface area (Å²) in [5.41, 5.74) is -0.167. The van der Waals surface area contributed by atoms with Crippen molar-refractivity contribution in [3.05, 3.63) is 0 Å². The maximum Gasteiger partial charge on any atom is 0.0932 e. The van der Waals surface area contributed by atoms with Gasteiger partial charge in [-0.25, -0.2) is 0 Å². The Morgan fingerprint density at radius 1 is 1.44 bits per heavy atom. The molecule has 0 spiro atoms. The zero-order valence-electron chi connectivity index (χ0n) is 5.89. The average Bonchev–Trinajstić information content (AvgIpc) is 2.36. The van der Waals surface area contributed by atoms with Gasteiger partial charge in [0.15, 0.2) is 0 Å². The Morgan fingerprint density at radius 2 is 2.00 bits per heavy atom. The molecule has 0 bridgehead atoms. The molecule has 1 saturated carbocycles. The molecule has 0 atom stereocenters. The molecule has 1 rings (SSSR count). The van der Waals surface area contributed by atoms with Gasteiger partial charge in [-0.3, -0.25) is 4.84 Å². The van der Waals surface area contributed by atoms with Crippen LogP contribution in [-0.4, -0.2) is 5.60 Å². The smallest absolute Gasteiger partial charge is 0.0932 e. The molecule has 0 amide bonds. The summed E-state index contributed by atoms with van der Waals surface area (Å²) in [5, 5.41) is 0. The van der Waals surface area contributed by atoms with E-state index in [1.54, 1.807) is 0 Å². The molecule has 0 aromatic carbocycles. The summed E-state index contributed by atoms with van der Waals surface area (Å²) in [5.74, 6) is 8.52. The van der Waals surface area contributed by atoms with Gasteiger partial charge in [0.25, 0.3) is 0 Å². The van der Waals surface area contributed by atoms with Crippen LogP contribution < -0.4 is 5.90 Å². The van der Waals surface area contributed by atoms with E-state index in [9.17, 15) is 0 Å². The standard InChI is InChI=1S/C7H13NO/c1-2-7(9-8)5-3-4-6-7/h2-6H2,1H3. The van der Waals surface area contributed by atoms with Crippen LogP contribution in [0.2, 0.25) is 0 Å². The van der Waals surface area contributed by atoms with E-state index < -0.39 is 0 Å². The first kappa shape index (κ1) is 7.03. The van der Waals surface area contributed by atoms with Crippen LogP contribution in [0.4, 0.5) is 0 Å². The Hall–Kier alpha value is -0.0800. The lowest BCUT2D eigenvalue weighted by Gasteiger charge is -2.21. The van der Waals surface area contributed by atoms with Gasteiger partial charge in [0.1, 0.15) is 0 Å². The van der Waals surface area contributed by atoms with E-state index in [0.717, 1.165) is 19.3 Å². The predicted octanol–water partition coefficient (Wildman–Crippen LogP) is 1.71. The van der Waals surface area contributed by atoms with Crippen LogP contribution >= 0.6 is 0 Å². The lowest BCUT2D eigenvalue weighted by atomic mass is 9.99. The van der Waals surface area contributed by atoms with Crippen molar-refractivity contribution in [2.75, 3.05) is 0 Å². The highest BCUT2D eigenvalue weighted by molar-refractivity contribution is 4.83. The van der Waals surface area contributed by atoms with E-state index in [4.69, 9.17) is 5.90 Å². The van der Waals surface area contributed by atoms with Gasteiger partial charge in [-0.2, -0.15) is 0 Å². The Labute approximate surface area is 56.3 Å². The fourth-order valence-corrected chi connectivity index (χ4v) is 1.53. The van der Waals surface area contributed by atoms with Gasteiger partial charge in [0, 0.05) is 5.90 Å². The molecule has 0 unspecified atom stereocenters. The minimum absolute atomic E-state index is 0.167. The van der Waals surface area contributed by atoms with Gasteiger partial charge in [-0.1, -0.05) is 19.8 Å². The maximum absolute atomic E-state index is 8.52. The van der Waals surface area contributed by atoms with Crippen molar-refractivity contribution in [3.63, 3.8) is 0 Å². The monoisotopic (exact) mass is 127 g/mol. The largest absolute Gasteiger partial charge is 0.257 e. The third-order valence-electron chi connectivity index (χ3n) is 2.35. The van der Waals surface area contributed by atoms with Crippen molar-refractivity contribution < 1.29 is 4.84 Å². The Morgan fingerprint density at radius 3 is 2.22 bits per heavy atom. The van der Waals surface area contributed by atoms with Gasteiger partial charge in [0.05, 0.1) is 5.60 Å². The molecule has 0 N–H and O–H groups in total. The van der Waals surface area contributed by atoms with E-state index in [1.165, 1.54) is 12.8 Å². The van der Waals surface area contributed by atoms with Crippen molar-refractivity contribution in [1.29, 1.82) is 0 Å². The van der Waals surface area contributed by atoms with Crippen LogP contribution in [-0.2, 0) is 4.84 Å². The molecule has 1 aliphatic carbocycles. The molecule has 2 radical (unpaired) electrons. The van der Waals surface area contributed by atoms with Gasteiger partial charge >= 0.3 is 0 Å². The van der Waals surface area contributed by atoms with Crippen LogP contribution in [0.25, 0.3) is 0 Å². The van der Waals surface area contributed by atoms with Crippen molar-refractivity contribution in [2.45, 2.75) is 44.6 Å². The average molecular weight is 127 g/mol. The quantitative estimate of drug-likeness (QED) is 0.519. The maximum atomic E-state index is 8.52. The summed E-state index contributed by atoms with van der Waals surface area (Å²) in [6.07, 6.45) is 5.40. The van der Waals surface area contributed by atoms with Crippen molar-refractivity contribution >= 4 is 0 Å². The van der Waals surface area contributed by atoms with Crippen LogP contribution in [0.1, 0.15) is 39.0 Å². The molecule has 0 aromatic heterocycles. The predicted molar refractivity (Wildman–Crippen MR) is 34.7 cm³/mol. The van der Waals surface area contributed by atoms with Gasteiger partial charge in [-0.05, 0) is 19.3 Å². The zero-order chi connectivity index (χ0) is 6.74. The molecule has 1 fully saturated rings. The SMILES string of the molecule is CCC1(O[N])CCCC1. The lowest BCUT2D eigenvalue weighted by Crippen LogP contribution is -2.26. The minimum atomic E-state index is -0.167. The summed E-state index contributed by atoms with van der Waals surface area (Å²) in [6, 6.07) is 0. The molecule has 2 nitrogen and oxygen atoms in total. The second-order valence-corrected chi connectivity index (χ2v) is 2.83. The number of rotatable bonds is 2. The fraction of sp³-hybridized carbons (Fsp3) is 1.00. The van der Waals surface area contributed by atoms with Gasteiger partial charge in [-0.15, -0.1) is 0 Å².